The Morgan fingerprint density at radius 3 is 2.12 bits per heavy atom. The summed E-state index contributed by atoms with van der Waals surface area (Å²) in [6, 6.07) is 15.9. The first kappa shape index (κ1) is 18.5. The van der Waals surface area contributed by atoms with E-state index in [-0.39, 0.29) is 5.78 Å². The second-order valence-corrected chi connectivity index (χ2v) is 13.5. The fourth-order valence-corrected chi connectivity index (χ4v) is 3.93. The normalized spacial score (nSPS) is 11.4. The minimum Gasteiger partial charge on any atom is -0.378 e. The second kappa shape index (κ2) is 7.35. The summed E-state index contributed by atoms with van der Waals surface area (Å²) in [6.45, 7) is 8.82. The molecule has 2 nitrogen and oxygen atoms in total. The summed E-state index contributed by atoms with van der Waals surface area (Å²) in [5, 5.41) is 0. The quantitative estimate of drug-likeness (QED) is 0.511. The lowest BCUT2D eigenvalue weighted by Crippen LogP contribution is -2.20. The predicted octanol–water partition coefficient (Wildman–Crippen LogP) is 5.50. The van der Waals surface area contributed by atoms with Crippen molar-refractivity contribution in [1.82, 2.24) is 0 Å². The minimum absolute atomic E-state index is 0.160. The van der Waals surface area contributed by atoms with Crippen molar-refractivity contribution in [3.8, 4) is 11.1 Å². The molecule has 0 amide bonds. The number of Topliss-reactive ketones (excluding diaryl/α,β-unsaturated/α-hetero) is 1. The molecule has 24 heavy (non-hydrogen) atoms. The van der Waals surface area contributed by atoms with E-state index >= 15 is 0 Å². The van der Waals surface area contributed by atoms with Crippen molar-refractivity contribution >= 4 is 19.5 Å². The zero-order valence-corrected chi connectivity index (χ0v) is 16.8. The van der Waals surface area contributed by atoms with Crippen LogP contribution in [0.2, 0.25) is 25.7 Å². The molecular formula is C21H29NOSi. The summed E-state index contributed by atoms with van der Waals surface area (Å²) in [5.74, 6) is 0.160. The first-order valence-corrected chi connectivity index (χ1v) is 12.3. The molecule has 0 fully saturated rings. The van der Waals surface area contributed by atoms with Gasteiger partial charge in [0.15, 0.2) is 5.78 Å². The maximum absolute atomic E-state index is 12.4. The monoisotopic (exact) mass is 339 g/mol. The lowest BCUT2D eigenvalue weighted by Gasteiger charge is -2.19. The zero-order chi connectivity index (χ0) is 17.9. The smallest absolute Gasteiger partial charge is 0.160 e. The molecular weight excluding hydrogens is 310 g/mol. The maximum atomic E-state index is 12.4. The van der Waals surface area contributed by atoms with Gasteiger partial charge in [-0.1, -0.05) is 56.0 Å². The molecule has 0 unspecified atom stereocenters. The molecule has 2 aromatic carbocycles. The number of aryl methyl sites for hydroxylation is 1. The van der Waals surface area contributed by atoms with E-state index in [4.69, 9.17) is 0 Å². The molecule has 0 radical (unpaired) electrons. The fraction of sp³-hybridized carbons (Fsp3) is 0.381. The van der Waals surface area contributed by atoms with E-state index in [9.17, 15) is 4.79 Å². The van der Waals surface area contributed by atoms with Gasteiger partial charge in [0.2, 0.25) is 0 Å². The Morgan fingerprint density at radius 2 is 1.62 bits per heavy atom. The van der Waals surface area contributed by atoms with E-state index in [0.717, 1.165) is 28.8 Å². The molecule has 0 saturated heterocycles. The third kappa shape index (κ3) is 4.57. The van der Waals surface area contributed by atoms with Gasteiger partial charge in [0, 0.05) is 33.4 Å². The van der Waals surface area contributed by atoms with Gasteiger partial charge in [0.25, 0.3) is 0 Å². The van der Waals surface area contributed by atoms with Gasteiger partial charge in [-0.15, -0.1) is 0 Å². The van der Waals surface area contributed by atoms with Crippen molar-refractivity contribution in [2.24, 2.45) is 0 Å². The van der Waals surface area contributed by atoms with Gasteiger partial charge in [0.05, 0.1) is 0 Å². The maximum Gasteiger partial charge on any atom is 0.160 e. The Kier molecular flexibility index (Phi) is 5.65. The van der Waals surface area contributed by atoms with Crippen LogP contribution in [0, 0.1) is 0 Å². The summed E-state index contributed by atoms with van der Waals surface area (Å²) >= 11 is 0. The molecule has 128 valence electrons. The Bertz CT molecular complexity index is 712. The van der Waals surface area contributed by atoms with Crippen LogP contribution >= 0.6 is 0 Å². The van der Waals surface area contributed by atoms with Gasteiger partial charge in [-0.2, -0.15) is 0 Å². The fourth-order valence-electron chi connectivity index (χ4n) is 2.91. The van der Waals surface area contributed by atoms with Crippen LogP contribution in [0.4, 0.5) is 5.69 Å². The third-order valence-corrected chi connectivity index (χ3v) is 6.09. The lowest BCUT2D eigenvalue weighted by atomic mass is 9.92. The average Bonchev–Trinajstić information content (AvgIpc) is 2.51. The van der Waals surface area contributed by atoms with Crippen molar-refractivity contribution in [1.29, 1.82) is 0 Å². The zero-order valence-electron chi connectivity index (χ0n) is 15.8. The van der Waals surface area contributed by atoms with E-state index in [0.29, 0.717) is 0 Å². The molecule has 0 aliphatic carbocycles. The van der Waals surface area contributed by atoms with E-state index in [1.54, 1.807) is 6.92 Å². The number of rotatable bonds is 6. The van der Waals surface area contributed by atoms with Crippen molar-refractivity contribution in [3.05, 3.63) is 53.6 Å². The van der Waals surface area contributed by atoms with Gasteiger partial charge in [-0.25, -0.2) is 0 Å². The molecule has 3 heteroatoms. The summed E-state index contributed by atoms with van der Waals surface area (Å²) in [5.41, 5.74) is 5.42. The number of hydrogen-bond acceptors (Lipinski definition) is 2. The number of carbonyl (C=O) groups excluding carboxylic acids is 1. The summed E-state index contributed by atoms with van der Waals surface area (Å²) < 4.78 is 0. The molecule has 2 aromatic rings. The highest BCUT2D eigenvalue weighted by atomic mass is 28.3. The van der Waals surface area contributed by atoms with Crippen LogP contribution in [-0.4, -0.2) is 28.0 Å². The highest BCUT2D eigenvalue weighted by Crippen LogP contribution is 2.30. The molecule has 2 rings (SSSR count). The van der Waals surface area contributed by atoms with Crippen molar-refractivity contribution in [3.63, 3.8) is 0 Å². The SMILES string of the molecule is CC(=O)c1c(CC[Si](C)(C)C)cccc1-c1ccc(N(C)C)cc1. The van der Waals surface area contributed by atoms with Gasteiger partial charge in [-0.3, -0.25) is 4.79 Å². The van der Waals surface area contributed by atoms with Crippen LogP contribution in [-0.2, 0) is 6.42 Å². The Morgan fingerprint density at radius 1 is 1.00 bits per heavy atom. The van der Waals surface area contributed by atoms with Crippen LogP contribution in [0.1, 0.15) is 22.8 Å². The standard InChI is InChI=1S/C21H29NOSi/c1-16(23)21-18(14-15-24(4,5)6)8-7-9-20(21)17-10-12-19(13-11-17)22(2)3/h7-13H,14-15H2,1-6H3. The molecule has 0 atom stereocenters. The number of benzene rings is 2. The van der Waals surface area contributed by atoms with Gasteiger partial charge in [0.1, 0.15) is 0 Å². The van der Waals surface area contributed by atoms with Gasteiger partial charge < -0.3 is 4.90 Å². The minimum atomic E-state index is -1.13. The number of nitrogens with zero attached hydrogens (tertiary/aromatic N) is 1. The van der Waals surface area contributed by atoms with Gasteiger partial charge >= 0.3 is 0 Å². The van der Waals surface area contributed by atoms with E-state index in [1.807, 2.05) is 14.1 Å². The van der Waals surface area contributed by atoms with Crippen LogP contribution < -0.4 is 4.90 Å². The van der Waals surface area contributed by atoms with Crippen LogP contribution in [0.15, 0.2) is 42.5 Å². The molecule has 0 saturated carbocycles. The van der Waals surface area contributed by atoms with Crippen LogP contribution in [0.25, 0.3) is 11.1 Å². The molecule has 0 aliphatic rings. The molecule has 0 bridgehead atoms. The molecule has 0 spiro atoms. The van der Waals surface area contributed by atoms with E-state index < -0.39 is 8.07 Å². The highest BCUT2D eigenvalue weighted by Gasteiger charge is 2.18. The summed E-state index contributed by atoms with van der Waals surface area (Å²) in [7, 11) is 2.94. The van der Waals surface area contributed by atoms with Crippen LogP contribution in [0.5, 0.6) is 0 Å². The average molecular weight is 340 g/mol. The first-order valence-electron chi connectivity index (χ1n) is 8.59. The van der Waals surface area contributed by atoms with Crippen molar-refractivity contribution in [2.45, 2.75) is 39.0 Å². The number of hydrogen-bond donors (Lipinski definition) is 0. The summed E-state index contributed by atoms with van der Waals surface area (Å²) in [6.07, 6.45) is 0.994. The molecule has 0 aliphatic heterocycles. The number of anilines is 1. The second-order valence-electron chi connectivity index (χ2n) is 7.90. The molecule has 0 N–H and O–H groups in total. The number of carbonyl (C=O) groups is 1. The largest absolute Gasteiger partial charge is 0.378 e. The highest BCUT2D eigenvalue weighted by molar-refractivity contribution is 6.76. The predicted molar refractivity (Wildman–Crippen MR) is 108 cm³/mol. The number of ketones is 1. The Balaban J connectivity index is 2.44. The van der Waals surface area contributed by atoms with Crippen molar-refractivity contribution < 1.29 is 4.79 Å². The van der Waals surface area contributed by atoms with Crippen molar-refractivity contribution in [2.75, 3.05) is 19.0 Å². The topological polar surface area (TPSA) is 20.3 Å². The van der Waals surface area contributed by atoms with Gasteiger partial charge in [-0.05, 0) is 42.2 Å². The lowest BCUT2D eigenvalue weighted by molar-refractivity contribution is 0.101. The van der Waals surface area contributed by atoms with E-state index in [1.165, 1.54) is 11.6 Å². The molecule has 0 heterocycles. The molecule has 0 aromatic heterocycles. The third-order valence-electron chi connectivity index (χ3n) is 4.34. The first-order chi connectivity index (χ1) is 11.2. The Hall–Kier alpha value is -1.87. The van der Waals surface area contributed by atoms with Crippen LogP contribution in [0.3, 0.4) is 0 Å². The van der Waals surface area contributed by atoms with E-state index in [2.05, 4.69) is 67.0 Å². The Labute approximate surface area is 147 Å². The summed E-state index contributed by atoms with van der Waals surface area (Å²) in [4.78, 5) is 14.4.